The van der Waals surface area contributed by atoms with Crippen LogP contribution in [0.25, 0.3) is 22.3 Å². The number of nitrogens with two attached hydrogens (primary N) is 1. The van der Waals surface area contributed by atoms with Crippen molar-refractivity contribution in [1.82, 2.24) is 14.9 Å². The van der Waals surface area contributed by atoms with Gasteiger partial charge in [0.15, 0.2) is 0 Å². The minimum Gasteiger partial charge on any atom is -0.508 e. The van der Waals surface area contributed by atoms with E-state index in [1.807, 2.05) is 6.92 Å². The van der Waals surface area contributed by atoms with Gasteiger partial charge < -0.3 is 45.0 Å². The van der Waals surface area contributed by atoms with Crippen LogP contribution in [0.3, 0.4) is 0 Å². The normalized spacial score (nSPS) is 16.1. The number of rotatable bonds is 14. The molecule has 2 aromatic heterocycles. The number of benzene rings is 2. The van der Waals surface area contributed by atoms with Gasteiger partial charge in [-0.05, 0) is 86.2 Å². The maximum absolute atomic E-state index is 14.0. The van der Waals surface area contributed by atoms with Crippen LogP contribution in [0.4, 0.5) is 10.5 Å². The van der Waals surface area contributed by atoms with Crippen LogP contribution in [0.15, 0.2) is 53.3 Å². The fourth-order valence-electron chi connectivity index (χ4n) is 7.07. The first-order valence-electron chi connectivity index (χ1n) is 17.9. The number of methoxy groups -OCH3 is 1. The number of unbranched alkanes of at least 4 members (excludes halogenated alkanes) is 1. The van der Waals surface area contributed by atoms with Crippen molar-refractivity contribution in [1.29, 1.82) is 0 Å². The van der Waals surface area contributed by atoms with Crippen molar-refractivity contribution in [2.45, 2.75) is 77.4 Å². The maximum Gasteiger partial charge on any atom is 0.510 e. The molecule has 2 aromatic carbocycles. The van der Waals surface area contributed by atoms with Gasteiger partial charge in [-0.25, -0.2) is 14.6 Å². The van der Waals surface area contributed by atoms with Gasteiger partial charge in [0.2, 0.25) is 17.4 Å². The minimum atomic E-state index is -1.95. The molecule has 0 bridgehead atoms. The van der Waals surface area contributed by atoms with Gasteiger partial charge >= 0.3 is 12.1 Å². The number of pyridine rings is 2. The molecule has 284 valence electrons. The number of esters is 1. The van der Waals surface area contributed by atoms with Gasteiger partial charge in [0.05, 0.1) is 29.0 Å². The molecular formula is C39H43N5O10. The third-order valence-corrected chi connectivity index (χ3v) is 9.82. The van der Waals surface area contributed by atoms with Crippen LogP contribution < -0.4 is 21.9 Å². The number of amides is 2. The molecule has 2 unspecified atom stereocenters. The van der Waals surface area contributed by atoms with Crippen LogP contribution in [-0.2, 0) is 65.1 Å². The lowest BCUT2D eigenvalue weighted by molar-refractivity contribution is -0.175. The van der Waals surface area contributed by atoms with Crippen molar-refractivity contribution >= 4 is 40.5 Å². The molecular weight excluding hydrogens is 698 g/mol. The first kappa shape index (κ1) is 37.9. The number of nitrogens with one attached hydrogen (secondary N) is 2. The van der Waals surface area contributed by atoms with Gasteiger partial charge in [0, 0.05) is 29.3 Å². The number of nitrogens with zero attached hydrogens (tertiary/aromatic N) is 2. The molecule has 6 rings (SSSR count). The van der Waals surface area contributed by atoms with E-state index < -0.39 is 35.6 Å². The number of ether oxygens (including phenoxy) is 4. The summed E-state index contributed by atoms with van der Waals surface area (Å²) in [6, 6.07) is 12.3. The average molecular weight is 742 g/mol. The number of aromatic nitrogens is 2. The zero-order chi connectivity index (χ0) is 38.6. The van der Waals surface area contributed by atoms with Crippen molar-refractivity contribution in [2.24, 2.45) is 5.73 Å². The molecule has 54 heavy (non-hydrogen) atoms. The Morgan fingerprint density at radius 3 is 2.56 bits per heavy atom. The molecule has 4 heterocycles. The molecule has 2 amide bonds. The van der Waals surface area contributed by atoms with E-state index in [1.165, 1.54) is 7.11 Å². The number of phenolic OH excluding ortho intramolecular Hbond substituents is 1. The molecule has 2 atom stereocenters. The number of phenols is 1. The number of hydrogen-bond acceptors (Lipinski definition) is 12. The van der Waals surface area contributed by atoms with E-state index in [1.54, 1.807) is 60.0 Å². The summed E-state index contributed by atoms with van der Waals surface area (Å²) in [6.45, 7) is 3.66. The molecule has 0 spiro atoms. The number of cyclic esters (lactones) is 1. The first-order chi connectivity index (χ1) is 26.0. The quantitative estimate of drug-likeness (QED) is 0.0943. The number of fused-ring (bicyclic) bond motifs is 5. The van der Waals surface area contributed by atoms with E-state index in [0.29, 0.717) is 60.4 Å². The summed E-state index contributed by atoms with van der Waals surface area (Å²) in [4.78, 5) is 70.6. The highest BCUT2D eigenvalue weighted by molar-refractivity contribution is 5.97. The summed E-state index contributed by atoms with van der Waals surface area (Å²) in [6.07, 6.45) is 1.18. The zero-order valence-electron chi connectivity index (χ0n) is 30.4. The van der Waals surface area contributed by atoms with Crippen LogP contribution >= 0.6 is 0 Å². The second kappa shape index (κ2) is 16.1. The summed E-state index contributed by atoms with van der Waals surface area (Å²) >= 11 is 0. The molecule has 0 aliphatic carbocycles. The molecule has 0 saturated carbocycles. The Morgan fingerprint density at radius 1 is 1.07 bits per heavy atom. The summed E-state index contributed by atoms with van der Waals surface area (Å²) in [5.41, 5.74) is 8.16. The fraction of sp³-hybridized carbons (Fsp3) is 0.385. The molecule has 15 nitrogen and oxygen atoms in total. The van der Waals surface area contributed by atoms with Gasteiger partial charge in [-0.1, -0.05) is 26.0 Å². The minimum absolute atomic E-state index is 0.0398. The molecule has 0 fully saturated rings. The Bertz CT molecular complexity index is 2170. The molecule has 0 saturated heterocycles. The van der Waals surface area contributed by atoms with E-state index in [9.17, 15) is 29.1 Å². The molecule has 2 aliphatic heterocycles. The van der Waals surface area contributed by atoms with Crippen LogP contribution in [0, 0.1) is 0 Å². The lowest BCUT2D eigenvalue weighted by atomic mass is 9.85. The Morgan fingerprint density at radius 2 is 1.85 bits per heavy atom. The van der Waals surface area contributed by atoms with Crippen molar-refractivity contribution in [3.05, 3.63) is 86.7 Å². The van der Waals surface area contributed by atoms with E-state index in [2.05, 4.69) is 10.6 Å². The number of carbonyl (C=O) groups excluding carboxylic acids is 4. The highest BCUT2D eigenvalue weighted by atomic mass is 16.7. The van der Waals surface area contributed by atoms with E-state index in [-0.39, 0.29) is 55.2 Å². The monoisotopic (exact) mass is 741 g/mol. The van der Waals surface area contributed by atoms with Gasteiger partial charge in [0.1, 0.15) is 31.6 Å². The topological polar surface area (TPSA) is 210 Å². The second-order valence-electron chi connectivity index (χ2n) is 13.2. The third kappa shape index (κ3) is 7.37. The Balaban J connectivity index is 1.18. The Hall–Kier alpha value is -5.80. The standard InChI is InChI=1S/C39H43N5O10/c1-4-25-26-16-24(45)13-14-30(26)43-34-27(25)18-44-32(34)17-29-28(36(44)48)20-52-37(49)39(29,5-2)54-38(50)53-19-22-9-11-23(12-10-22)41-35(47)31(8-6-7-15-40)42-33(46)21-51-3/h9-14,16-17,31,45H,4-8,15,18-21,40H2,1-3H3,(H,41,47)(H,42,46). The molecule has 2 aliphatic rings. The van der Waals surface area contributed by atoms with Gasteiger partial charge in [-0.15, -0.1) is 0 Å². The number of anilines is 1. The smallest absolute Gasteiger partial charge is 0.508 e. The zero-order valence-corrected chi connectivity index (χ0v) is 30.4. The molecule has 0 radical (unpaired) electrons. The third-order valence-electron chi connectivity index (χ3n) is 9.82. The van der Waals surface area contributed by atoms with Gasteiger partial charge in [-0.2, -0.15) is 0 Å². The van der Waals surface area contributed by atoms with Crippen molar-refractivity contribution in [2.75, 3.05) is 25.6 Å². The van der Waals surface area contributed by atoms with Crippen LogP contribution in [0.2, 0.25) is 0 Å². The number of carbonyl (C=O) groups is 4. The highest BCUT2D eigenvalue weighted by Gasteiger charge is 2.51. The number of aryl methyl sites for hydroxylation is 1. The van der Waals surface area contributed by atoms with Gasteiger partial charge in [0.25, 0.3) is 5.56 Å². The molecule has 4 aromatic rings. The van der Waals surface area contributed by atoms with E-state index >= 15 is 0 Å². The number of aromatic hydroxyl groups is 1. The summed E-state index contributed by atoms with van der Waals surface area (Å²) in [5, 5.41) is 16.4. The predicted molar refractivity (Wildman–Crippen MR) is 196 cm³/mol. The first-order valence-corrected chi connectivity index (χ1v) is 17.9. The maximum atomic E-state index is 14.0. The van der Waals surface area contributed by atoms with Crippen LogP contribution in [-0.4, -0.2) is 64.9 Å². The summed E-state index contributed by atoms with van der Waals surface area (Å²) in [7, 11) is 1.39. The van der Waals surface area contributed by atoms with E-state index in [0.717, 1.165) is 16.5 Å². The summed E-state index contributed by atoms with van der Waals surface area (Å²) in [5.74, 6) is -1.54. The van der Waals surface area contributed by atoms with Crippen LogP contribution in [0.5, 0.6) is 5.75 Å². The lowest BCUT2D eigenvalue weighted by Gasteiger charge is -2.35. The van der Waals surface area contributed by atoms with Gasteiger partial charge in [-0.3, -0.25) is 14.4 Å². The lowest BCUT2D eigenvalue weighted by Crippen LogP contribution is -2.47. The Labute approximate surface area is 310 Å². The van der Waals surface area contributed by atoms with Crippen molar-refractivity contribution in [3.8, 4) is 17.1 Å². The largest absolute Gasteiger partial charge is 0.510 e. The predicted octanol–water partition coefficient (Wildman–Crippen LogP) is 3.91. The molecule has 5 N–H and O–H groups in total. The Kier molecular flexibility index (Phi) is 11.3. The van der Waals surface area contributed by atoms with Crippen molar-refractivity contribution in [3.63, 3.8) is 0 Å². The fourth-order valence-corrected chi connectivity index (χ4v) is 7.07. The molecule has 15 heteroatoms. The highest BCUT2D eigenvalue weighted by Crippen LogP contribution is 2.42. The second-order valence-corrected chi connectivity index (χ2v) is 13.2. The summed E-state index contributed by atoms with van der Waals surface area (Å²) < 4.78 is 23.1. The van der Waals surface area contributed by atoms with Crippen LogP contribution in [0.1, 0.15) is 67.3 Å². The SMILES string of the molecule is CCc1c2c(nc3ccc(O)cc13)-c1cc3c(c(=O)n1C2)COC(=O)C3(CC)OC(=O)OCc1ccc(NC(=O)C(CCCCN)NC(=O)COC)cc1. The van der Waals surface area contributed by atoms with E-state index in [4.69, 9.17) is 29.7 Å². The van der Waals surface area contributed by atoms with Crippen molar-refractivity contribution < 1.29 is 43.2 Å². The average Bonchev–Trinajstić information content (AvgIpc) is 3.53. The number of hydrogen-bond donors (Lipinski definition) is 4.